The first-order valence-corrected chi connectivity index (χ1v) is 3.13. The van der Waals surface area contributed by atoms with Crippen LogP contribution in [0, 0.1) is 0 Å². The van der Waals surface area contributed by atoms with Gasteiger partial charge in [-0.3, -0.25) is 0 Å². The zero-order valence-corrected chi connectivity index (χ0v) is 5.22. The third-order valence-corrected chi connectivity index (χ3v) is 2.07. The maximum absolute atomic E-state index is 9.36. The minimum atomic E-state index is -0.500. The lowest BCUT2D eigenvalue weighted by molar-refractivity contribution is -0.0501. The topological polar surface area (TPSA) is 46.2 Å². The van der Waals surface area contributed by atoms with Gasteiger partial charge in [0.2, 0.25) is 0 Å². The molecule has 0 heterocycles. The molecule has 1 fully saturated rings. The number of aliphatic hydroxyl groups is 1. The van der Waals surface area contributed by atoms with Crippen molar-refractivity contribution < 1.29 is 5.11 Å². The monoisotopic (exact) mass is 115 g/mol. The van der Waals surface area contributed by atoms with E-state index in [-0.39, 0.29) is 6.04 Å². The molecule has 0 spiro atoms. The Balaban J connectivity index is 2.41. The van der Waals surface area contributed by atoms with Crippen LogP contribution in [0.4, 0.5) is 0 Å². The van der Waals surface area contributed by atoms with Gasteiger partial charge in [0.25, 0.3) is 0 Å². The van der Waals surface area contributed by atoms with Gasteiger partial charge in [0.05, 0.1) is 5.60 Å². The molecule has 0 aromatic rings. The maximum Gasteiger partial charge on any atom is 0.0795 e. The third kappa shape index (κ3) is 0.740. The second-order valence-corrected chi connectivity index (χ2v) is 2.75. The van der Waals surface area contributed by atoms with E-state index in [9.17, 15) is 5.11 Å². The fourth-order valence-corrected chi connectivity index (χ4v) is 0.994. The molecule has 1 aliphatic carbocycles. The summed E-state index contributed by atoms with van der Waals surface area (Å²) in [6.07, 6.45) is 2.92. The highest BCUT2D eigenvalue weighted by atomic mass is 16.3. The summed E-state index contributed by atoms with van der Waals surface area (Å²) in [5.41, 5.74) is 4.98. The van der Waals surface area contributed by atoms with E-state index >= 15 is 0 Å². The van der Waals surface area contributed by atoms with Crippen LogP contribution in [-0.4, -0.2) is 16.7 Å². The molecule has 0 amide bonds. The fraction of sp³-hybridized carbons (Fsp3) is 1.00. The highest BCUT2D eigenvalue weighted by Crippen LogP contribution is 2.33. The average molecular weight is 115 g/mol. The van der Waals surface area contributed by atoms with E-state index < -0.39 is 5.60 Å². The highest BCUT2D eigenvalue weighted by Gasteiger charge is 2.37. The van der Waals surface area contributed by atoms with Crippen molar-refractivity contribution in [2.75, 3.05) is 0 Å². The van der Waals surface area contributed by atoms with E-state index in [0.717, 1.165) is 19.3 Å². The Hall–Kier alpha value is -0.0800. The second-order valence-electron chi connectivity index (χ2n) is 2.75. The Kier molecular flexibility index (Phi) is 1.29. The van der Waals surface area contributed by atoms with Crippen LogP contribution in [0.1, 0.15) is 26.2 Å². The van der Waals surface area contributed by atoms with Gasteiger partial charge in [-0.15, -0.1) is 0 Å². The normalized spacial score (nSPS) is 28.9. The molecule has 0 bridgehead atoms. The minimum Gasteiger partial charge on any atom is -0.388 e. The highest BCUT2D eigenvalue weighted by molar-refractivity contribution is 4.93. The van der Waals surface area contributed by atoms with Crippen molar-refractivity contribution in [3.8, 4) is 0 Å². The number of hydrogen-bond donors (Lipinski definition) is 2. The lowest BCUT2D eigenvalue weighted by Gasteiger charge is -2.39. The van der Waals surface area contributed by atoms with Crippen molar-refractivity contribution in [1.82, 2.24) is 0 Å². The average Bonchev–Trinajstić information content (AvgIpc) is 1.60. The SMILES string of the molecule is CC(N)C1(O)CCC1. The van der Waals surface area contributed by atoms with Crippen molar-refractivity contribution in [2.45, 2.75) is 37.8 Å². The van der Waals surface area contributed by atoms with Crippen LogP contribution in [0.25, 0.3) is 0 Å². The van der Waals surface area contributed by atoms with Crippen LogP contribution >= 0.6 is 0 Å². The molecule has 8 heavy (non-hydrogen) atoms. The summed E-state index contributed by atoms with van der Waals surface area (Å²) in [4.78, 5) is 0. The molecule has 0 radical (unpaired) electrons. The van der Waals surface area contributed by atoms with E-state index in [1.807, 2.05) is 6.92 Å². The van der Waals surface area contributed by atoms with Gasteiger partial charge in [-0.2, -0.15) is 0 Å². The summed E-state index contributed by atoms with van der Waals surface area (Å²) in [5.74, 6) is 0. The summed E-state index contributed by atoms with van der Waals surface area (Å²) < 4.78 is 0. The molecule has 2 heteroatoms. The van der Waals surface area contributed by atoms with E-state index in [1.165, 1.54) is 0 Å². The van der Waals surface area contributed by atoms with Crippen molar-refractivity contribution in [1.29, 1.82) is 0 Å². The zero-order valence-electron chi connectivity index (χ0n) is 5.22. The second kappa shape index (κ2) is 1.71. The van der Waals surface area contributed by atoms with Gasteiger partial charge < -0.3 is 10.8 Å². The largest absolute Gasteiger partial charge is 0.388 e. The van der Waals surface area contributed by atoms with E-state index in [1.54, 1.807) is 0 Å². The Bertz CT molecular complexity index is 86.5. The van der Waals surface area contributed by atoms with Crippen molar-refractivity contribution >= 4 is 0 Å². The summed E-state index contributed by atoms with van der Waals surface area (Å²) in [6, 6.07) is -0.0451. The van der Waals surface area contributed by atoms with Crippen LogP contribution in [0.5, 0.6) is 0 Å². The Morgan fingerprint density at radius 3 is 2.12 bits per heavy atom. The van der Waals surface area contributed by atoms with Crippen molar-refractivity contribution in [3.63, 3.8) is 0 Å². The minimum absolute atomic E-state index is 0.0451. The van der Waals surface area contributed by atoms with Gasteiger partial charge >= 0.3 is 0 Å². The van der Waals surface area contributed by atoms with E-state index in [2.05, 4.69) is 0 Å². The molecular weight excluding hydrogens is 102 g/mol. The van der Waals surface area contributed by atoms with Gasteiger partial charge in [0.1, 0.15) is 0 Å². The van der Waals surface area contributed by atoms with Gasteiger partial charge in [0, 0.05) is 6.04 Å². The van der Waals surface area contributed by atoms with E-state index in [4.69, 9.17) is 5.73 Å². The molecule has 0 aromatic heterocycles. The van der Waals surface area contributed by atoms with Crippen LogP contribution in [0.2, 0.25) is 0 Å². The van der Waals surface area contributed by atoms with Gasteiger partial charge in [0.15, 0.2) is 0 Å². The molecule has 0 saturated heterocycles. The van der Waals surface area contributed by atoms with Crippen molar-refractivity contribution in [3.05, 3.63) is 0 Å². The van der Waals surface area contributed by atoms with Crippen molar-refractivity contribution in [2.24, 2.45) is 5.73 Å². The molecule has 48 valence electrons. The molecule has 0 aromatic carbocycles. The molecule has 2 nitrogen and oxygen atoms in total. The van der Waals surface area contributed by atoms with Crippen LogP contribution < -0.4 is 5.73 Å². The number of hydrogen-bond acceptors (Lipinski definition) is 2. The summed E-state index contributed by atoms with van der Waals surface area (Å²) in [5, 5.41) is 9.36. The first-order chi connectivity index (χ1) is 3.65. The van der Waals surface area contributed by atoms with Crippen LogP contribution in [0.15, 0.2) is 0 Å². The first-order valence-electron chi connectivity index (χ1n) is 3.13. The molecule has 3 N–H and O–H groups in total. The number of nitrogens with two attached hydrogens (primary N) is 1. The molecule has 1 saturated carbocycles. The number of rotatable bonds is 1. The zero-order chi connectivity index (χ0) is 6.20. The molecule has 1 rings (SSSR count). The molecule has 1 aliphatic rings. The predicted molar refractivity (Wildman–Crippen MR) is 32.5 cm³/mol. The quantitative estimate of drug-likeness (QED) is 0.514. The molecule has 0 aliphatic heterocycles. The van der Waals surface area contributed by atoms with Gasteiger partial charge in [-0.05, 0) is 26.2 Å². The summed E-state index contributed by atoms with van der Waals surface area (Å²) >= 11 is 0. The third-order valence-electron chi connectivity index (χ3n) is 2.07. The molecule has 1 atom stereocenters. The first kappa shape index (κ1) is 6.05. The maximum atomic E-state index is 9.36. The lowest BCUT2D eigenvalue weighted by atomic mass is 9.76. The van der Waals surface area contributed by atoms with Gasteiger partial charge in [-0.25, -0.2) is 0 Å². The van der Waals surface area contributed by atoms with Crippen LogP contribution in [0.3, 0.4) is 0 Å². The predicted octanol–water partition coefficient (Wildman–Crippen LogP) is 0.249. The standard InChI is InChI=1S/C6H13NO/c1-5(7)6(8)3-2-4-6/h5,8H,2-4,7H2,1H3. The fourth-order valence-electron chi connectivity index (χ4n) is 0.994. The van der Waals surface area contributed by atoms with E-state index in [0.29, 0.717) is 0 Å². The smallest absolute Gasteiger partial charge is 0.0795 e. The van der Waals surface area contributed by atoms with Crippen LogP contribution in [-0.2, 0) is 0 Å². The summed E-state index contributed by atoms with van der Waals surface area (Å²) in [7, 11) is 0. The summed E-state index contributed by atoms with van der Waals surface area (Å²) in [6.45, 7) is 1.86. The Morgan fingerprint density at radius 2 is 2.12 bits per heavy atom. The molecule has 1 unspecified atom stereocenters. The lowest BCUT2D eigenvalue weighted by Crippen LogP contribution is -2.51. The molecular formula is C6H13NO. The Labute approximate surface area is 49.7 Å². The Morgan fingerprint density at radius 1 is 1.62 bits per heavy atom. The van der Waals surface area contributed by atoms with Gasteiger partial charge in [-0.1, -0.05) is 0 Å².